The second-order valence-electron chi connectivity index (χ2n) is 6.06. The van der Waals surface area contributed by atoms with E-state index in [0.717, 1.165) is 35.7 Å². The number of nitrogens with zero attached hydrogens (tertiary/aromatic N) is 2. The number of rotatable bonds is 7. The molecule has 1 aromatic carbocycles. The first-order valence-corrected chi connectivity index (χ1v) is 10.5. The number of benzene rings is 1. The molecule has 0 amide bonds. The number of pyridine rings is 1. The summed E-state index contributed by atoms with van der Waals surface area (Å²) in [6.07, 6.45) is 3.77. The molecule has 26 heavy (non-hydrogen) atoms. The standard InChI is InChI=1S/C19H26N4O2S/c1-4-20-19(23-14-18-15(2)6-5-12-21-18)22-13-11-16-7-9-17(10-8-16)26(3,24)25/h5-10,12H,4,11,13-14H2,1-3H3,(H2,20,22,23). The smallest absolute Gasteiger partial charge is 0.191 e. The molecular weight excluding hydrogens is 348 g/mol. The Labute approximate surface area is 155 Å². The second-order valence-corrected chi connectivity index (χ2v) is 8.07. The van der Waals surface area contributed by atoms with Gasteiger partial charge in [-0.3, -0.25) is 4.98 Å². The van der Waals surface area contributed by atoms with Crippen molar-refractivity contribution >= 4 is 15.8 Å². The van der Waals surface area contributed by atoms with Crippen LogP contribution in [-0.4, -0.2) is 38.7 Å². The summed E-state index contributed by atoms with van der Waals surface area (Å²) in [6.45, 7) is 6.04. The lowest BCUT2D eigenvalue weighted by atomic mass is 10.1. The number of aryl methyl sites for hydroxylation is 1. The molecular formula is C19H26N4O2S. The second kappa shape index (κ2) is 9.33. The molecule has 140 valence electrons. The molecule has 1 aromatic heterocycles. The molecule has 0 radical (unpaired) electrons. The zero-order valence-corrected chi connectivity index (χ0v) is 16.3. The van der Waals surface area contributed by atoms with Gasteiger partial charge in [-0.1, -0.05) is 18.2 Å². The average molecular weight is 375 g/mol. The lowest BCUT2D eigenvalue weighted by Crippen LogP contribution is -2.38. The molecule has 2 aromatic rings. The number of sulfone groups is 1. The van der Waals surface area contributed by atoms with Crippen molar-refractivity contribution < 1.29 is 8.42 Å². The van der Waals surface area contributed by atoms with Crippen LogP contribution in [0.15, 0.2) is 52.5 Å². The summed E-state index contributed by atoms with van der Waals surface area (Å²) in [5.41, 5.74) is 3.15. The molecule has 0 aliphatic heterocycles. The zero-order valence-electron chi connectivity index (χ0n) is 15.5. The maximum atomic E-state index is 11.5. The third kappa shape index (κ3) is 6.15. The van der Waals surface area contributed by atoms with Gasteiger partial charge in [0.1, 0.15) is 0 Å². The minimum Gasteiger partial charge on any atom is -0.357 e. The van der Waals surface area contributed by atoms with Gasteiger partial charge in [-0.25, -0.2) is 13.4 Å². The van der Waals surface area contributed by atoms with Crippen LogP contribution in [0.3, 0.4) is 0 Å². The van der Waals surface area contributed by atoms with Gasteiger partial charge in [0.15, 0.2) is 15.8 Å². The van der Waals surface area contributed by atoms with Crippen LogP contribution in [0.1, 0.15) is 23.7 Å². The number of guanidine groups is 1. The van der Waals surface area contributed by atoms with Crippen molar-refractivity contribution in [2.75, 3.05) is 19.3 Å². The normalized spacial score (nSPS) is 12.0. The first-order valence-electron chi connectivity index (χ1n) is 8.62. The van der Waals surface area contributed by atoms with Crippen molar-refractivity contribution in [3.63, 3.8) is 0 Å². The number of nitrogens with one attached hydrogen (secondary N) is 2. The first kappa shape index (κ1) is 19.9. The lowest BCUT2D eigenvalue weighted by Gasteiger charge is -2.12. The van der Waals surface area contributed by atoms with Gasteiger partial charge in [0.05, 0.1) is 17.1 Å². The monoisotopic (exact) mass is 374 g/mol. The third-order valence-electron chi connectivity index (χ3n) is 3.91. The third-order valence-corrected chi connectivity index (χ3v) is 5.04. The van der Waals surface area contributed by atoms with E-state index >= 15 is 0 Å². The largest absolute Gasteiger partial charge is 0.357 e. The molecule has 1 heterocycles. The summed E-state index contributed by atoms with van der Waals surface area (Å²) < 4.78 is 23.0. The number of aliphatic imine (C=N–C) groups is 1. The molecule has 0 fully saturated rings. The Morgan fingerprint density at radius 2 is 1.88 bits per heavy atom. The van der Waals surface area contributed by atoms with E-state index in [9.17, 15) is 8.42 Å². The van der Waals surface area contributed by atoms with E-state index in [1.54, 1.807) is 18.3 Å². The Morgan fingerprint density at radius 3 is 2.50 bits per heavy atom. The van der Waals surface area contributed by atoms with E-state index in [-0.39, 0.29) is 0 Å². The van der Waals surface area contributed by atoms with Crippen LogP contribution in [0.5, 0.6) is 0 Å². The Kier molecular flexibility index (Phi) is 7.15. The Hall–Kier alpha value is -2.41. The molecule has 0 aliphatic rings. The van der Waals surface area contributed by atoms with E-state index in [2.05, 4.69) is 20.6 Å². The van der Waals surface area contributed by atoms with Crippen molar-refractivity contribution in [1.82, 2.24) is 15.6 Å². The topological polar surface area (TPSA) is 83.4 Å². The molecule has 0 saturated heterocycles. The van der Waals surface area contributed by atoms with Crippen LogP contribution in [0.4, 0.5) is 0 Å². The van der Waals surface area contributed by atoms with Crippen LogP contribution >= 0.6 is 0 Å². The highest BCUT2D eigenvalue weighted by Crippen LogP contribution is 2.10. The molecule has 0 atom stereocenters. The predicted octanol–water partition coefficient (Wildman–Crippen LogP) is 2.09. The van der Waals surface area contributed by atoms with Gasteiger partial charge in [-0.05, 0) is 49.6 Å². The molecule has 0 saturated carbocycles. The van der Waals surface area contributed by atoms with E-state index < -0.39 is 9.84 Å². The fraction of sp³-hybridized carbons (Fsp3) is 0.368. The maximum absolute atomic E-state index is 11.5. The van der Waals surface area contributed by atoms with Crippen molar-refractivity contribution in [3.05, 3.63) is 59.4 Å². The van der Waals surface area contributed by atoms with Crippen molar-refractivity contribution in [1.29, 1.82) is 0 Å². The van der Waals surface area contributed by atoms with Gasteiger partial charge in [0.25, 0.3) is 0 Å². The summed E-state index contributed by atoms with van der Waals surface area (Å²) in [7, 11) is -3.15. The van der Waals surface area contributed by atoms with Gasteiger partial charge in [0, 0.05) is 25.5 Å². The molecule has 6 nitrogen and oxygen atoms in total. The van der Waals surface area contributed by atoms with Crippen LogP contribution < -0.4 is 10.6 Å². The van der Waals surface area contributed by atoms with Gasteiger partial charge in [-0.15, -0.1) is 0 Å². The average Bonchev–Trinajstić information content (AvgIpc) is 2.60. The van der Waals surface area contributed by atoms with Crippen LogP contribution in [0.25, 0.3) is 0 Å². The van der Waals surface area contributed by atoms with Crippen molar-refractivity contribution in [3.8, 4) is 0 Å². The van der Waals surface area contributed by atoms with Gasteiger partial charge in [0.2, 0.25) is 0 Å². The summed E-state index contributed by atoms with van der Waals surface area (Å²) in [5, 5.41) is 6.52. The van der Waals surface area contributed by atoms with Crippen LogP contribution in [-0.2, 0) is 22.8 Å². The van der Waals surface area contributed by atoms with E-state index in [1.807, 2.05) is 38.1 Å². The highest BCUT2D eigenvalue weighted by Gasteiger charge is 2.06. The fourth-order valence-corrected chi connectivity index (χ4v) is 3.04. The van der Waals surface area contributed by atoms with Crippen LogP contribution in [0.2, 0.25) is 0 Å². The Balaban J connectivity index is 1.92. The number of hydrogen-bond donors (Lipinski definition) is 2. The molecule has 2 rings (SSSR count). The van der Waals surface area contributed by atoms with E-state index in [1.165, 1.54) is 6.26 Å². The molecule has 0 aliphatic carbocycles. The summed E-state index contributed by atoms with van der Waals surface area (Å²) in [6, 6.07) is 10.9. The molecule has 7 heteroatoms. The zero-order chi connectivity index (χ0) is 19.0. The predicted molar refractivity (Wildman–Crippen MR) is 105 cm³/mol. The lowest BCUT2D eigenvalue weighted by molar-refractivity contribution is 0.602. The van der Waals surface area contributed by atoms with Crippen molar-refractivity contribution in [2.24, 2.45) is 4.99 Å². The quantitative estimate of drug-likeness (QED) is 0.573. The summed E-state index contributed by atoms with van der Waals surface area (Å²) in [5.74, 6) is 0.741. The summed E-state index contributed by atoms with van der Waals surface area (Å²) >= 11 is 0. The van der Waals surface area contributed by atoms with Crippen molar-refractivity contribution in [2.45, 2.75) is 31.7 Å². The molecule has 0 unspecified atom stereocenters. The molecule has 0 bridgehead atoms. The van der Waals surface area contributed by atoms with E-state index in [4.69, 9.17) is 0 Å². The Morgan fingerprint density at radius 1 is 1.15 bits per heavy atom. The highest BCUT2D eigenvalue weighted by atomic mass is 32.2. The minimum absolute atomic E-state index is 0.342. The van der Waals surface area contributed by atoms with Gasteiger partial charge >= 0.3 is 0 Å². The Bertz CT molecular complexity index is 846. The molecule has 2 N–H and O–H groups in total. The first-order chi connectivity index (χ1) is 12.4. The van der Waals surface area contributed by atoms with Gasteiger partial charge < -0.3 is 10.6 Å². The molecule has 0 spiro atoms. The van der Waals surface area contributed by atoms with Crippen LogP contribution in [0, 0.1) is 6.92 Å². The SMILES string of the molecule is CCNC(=NCc1ncccc1C)NCCc1ccc(S(C)(=O)=O)cc1. The van der Waals surface area contributed by atoms with E-state index in [0.29, 0.717) is 18.0 Å². The number of aromatic nitrogens is 1. The van der Waals surface area contributed by atoms with Gasteiger partial charge in [-0.2, -0.15) is 0 Å². The maximum Gasteiger partial charge on any atom is 0.191 e. The minimum atomic E-state index is -3.15. The summed E-state index contributed by atoms with van der Waals surface area (Å²) in [4.78, 5) is 9.27. The highest BCUT2D eigenvalue weighted by molar-refractivity contribution is 7.90. The fourth-order valence-electron chi connectivity index (χ4n) is 2.41. The number of hydrogen-bond acceptors (Lipinski definition) is 4.